The third kappa shape index (κ3) is 2.74. The minimum atomic E-state index is 0.106. The van der Waals surface area contributed by atoms with Crippen molar-refractivity contribution >= 4 is 61.5 Å². The van der Waals surface area contributed by atoms with E-state index in [9.17, 15) is 0 Å². The van der Waals surface area contributed by atoms with E-state index in [1.807, 2.05) is 0 Å². The first-order valence-electron chi connectivity index (χ1n) is 13.5. The molecule has 1 aliphatic carbocycles. The van der Waals surface area contributed by atoms with Gasteiger partial charge in [0, 0.05) is 40.6 Å². The maximum Gasteiger partial charge on any atom is 0.235 e. The van der Waals surface area contributed by atoms with Gasteiger partial charge in [-0.3, -0.25) is 0 Å². The molecule has 1 atom stereocenters. The number of hydrogen-bond acceptors (Lipinski definition) is 1. The molecule has 1 aromatic heterocycles. The molecule has 9 rings (SSSR count). The van der Waals surface area contributed by atoms with Crippen LogP contribution in [0.15, 0.2) is 140 Å². The van der Waals surface area contributed by atoms with E-state index in [0.717, 1.165) is 0 Å². The highest BCUT2D eigenvalue weighted by atomic mass is 15.3. The van der Waals surface area contributed by atoms with Crippen LogP contribution in [0.3, 0.4) is 0 Å². The van der Waals surface area contributed by atoms with Crippen molar-refractivity contribution in [3.8, 4) is 0 Å². The van der Waals surface area contributed by atoms with Gasteiger partial charge in [-0.15, -0.1) is 0 Å². The molecule has 0 fully saturated rings. The smallest absolute Gasteiger partial charge is 0.235 e. The molecule has 0 spiro atoms. The Balaban J connectivity index is 1.44. The Morgan fingerprint density at radius 2 is 1.15 bits per heavy atom. The molecule has 5 aromatic carbocycles. The predicted molar refractivity (Wildman–Crippen MR) is 163 cm³/mol. The molecule has 1 unspecified atom stereocenters. The predicted octanol–water partition coefficient (Wildman–Crippen LogP) is 8.54. The van der Waals surface area contributed by atoms with Crippen LogP contribution in [-0.4, -0.2) is 16.3 Å². The number of para-hydroxylation sites is 6. The van der Waals surface area contributed by atoms with Gasteiger partial charge in [0.15, 0.2) is 0 Å². The van der Waals surface area contributed by atoms with Crippen molar-refractivity contribution < 1.29 is 0 Å². The number of hydrogen-bond donors (Lipinski definition) is 0. The summed E-state index contributed by atoms with van der Waals surface area (Å²) in [6.45, 7) is 0. The van der Waals surface area contributed by atoms with Crippen LogP contribution < -0.4 is 9.48 Å². The normalized spacial score (nSPS) is 17.1. The molecule has 0 N–H and O–H groups in total. The van der Waals surface area contributed by atoms with Crippen LogP contribution in [0.25, 0.3) is 33.1 Å². The average Bonchev–Trinajstić information content (AvgIpc) is 3.52. The van der Waals surface area contributed by atoms with Gasteiger partial charge < -0.3 is 9.47 Å². The summed E-state index contributed by atoms with van der Waals surface area (Å²) >= 11 is 0. The molecule has 3 heterocycles. The van der Waals surface area contributed by atoms with Crippen molar-refractivity contribution in [1.82, 2.24) is 9.14 Å². The fourth-order valence-corrected chi connectivity index (χ4v) is 6.88. The van der Waals surface area contributed by atoms with E-state index in [1.165, 1.54) is 67.1 Å². The summed E-state index contributed by atoms with van der Waals surface area (Å²) in [7, 11) is 0. The van der Waals surface area contributed by atoms with Gasteiger partial charge in [-0.25, -0.2) is 0 Å². The fraction of sp³-hybridized carbons (Fsp3) is 0.0278. The van der Waals surface area contributed by atoms with Crippen LogP contribution in [-0.2, 0) is 0 Å². The van der Waals surface area contributed by atoms with Gasteiger partial charge in [0.2, 0.25) is 17.1 Å². The van der Waals surface area contributed by atoms with Gasteiger partial charge >= 0.3 is 0 Å². The number of aromatic nitrogens is 1. The van der Waals surface area contributed by atoms with Gasteiger partial charge in [0.25, 0.3) is 0 Å². The van der Waals surface area contributed by atoms with Crippen molar-refractivity contribution in [1.29, 1.82) is 0 Å². The van der Waals surface area contributed by atoms with Gasteiger partial charge in [0.05, 0.1) is 22.4 Å². The lowest BCUT2D eigenvalue weighted by atomic mass is 9.90. The number of fused-ring (bicyclic) bond motifs is 8. The standard InChI is InChI=1S/C36H24N3/c1-2-12-24(13-3-1)37-33-20-10-11-21-34(33)39-32-19-9-6-16-28(32)29-22-25(23-35(37)36(29)39)38-30-17-7-4-14-26(30)27-15-5-8-18-31(27)38/h1-23,36H/q+1. The van der Waals surface area contributed by atoms with E-state index < -0.39 is 0 Å². The van der Waals surface area contributed by atoms with Gasteiger partial charge in [0.1, 0.15) is 11.7 Å². The molecule has 0 radical (unpaired) electrons. The first-order valence-corrected chi connectivity index (χ1v) is 13.5. The zero-order valence-electron chi connectivity index (χ0n) is 21.2. The summed E-state index contributed by atoms with van der Waals surface area (Å²) in [6.07, 6.45) is 4.83. The van der Waals surface area contributed by atoms with E-state index in [0.29, 0.717) is 0 Å². The molecule has 6 aromatic rings. The van der Waals surface area contributed by atoms with Crippen molar-refractivity contribution in [2.24, 2.45) is 0 Å². The second-order valence-electron chi connectivity index (χ2n) is 10.4. The molecule has 3 heteroatoms. The third-order valence-electron chi connectivity index (χ3n) is 8.40. The second-order valence-corrected chi connectivity index (χ2v) is 10.4. The van der Waals surface area contributed by atoms with Crippen LogP contribution in [0.2, 0.25) is 0 Å². The molecule has 3 aliphatic rings. The minimum Gasteiger partial charge on any atom is -0.318 e. The van der Waals surface area contributed by atoms with E-state index in [1.54, 1.807) is 0 Å². The lowest BCUT2D eigenvalue weighted by Gasteiger charge is -2.33. The summed E-state index contributed by atoms with van der Waals surface area (Å²) in [4.78, 5) is 2.53. The van der Waals surface area contributed by atoms with Crippen LogP contribution >= 0.6 is 0 Å². The molecule has 0 saturated carbocycles. The molecule has 39 heavy (non-hydrogen) atoms. The lowest BCUT2D eigenvalue weighted by molar-refractivity contribution is 0.930. The van der Waals surface area contributed by atoms with E-state index >= 15 is 0 Å². The van der Waals surface area contributed by atoms with Gasteiger partial charge in [-0.1, -0.05) is 84.9 Å². The van der Waals surface area contributed by atoms with Crippen molar-refractivity contribution in [2.45, 2.75) is 6.04 Å². The SMILES string of the molecule is C1=C2c3ccccc3N3c4ccccc4[N+](c4ccccc4)=C(C=C1n1c4ccccc4c4ccccc41)C23. The number of rotatable bonds is 2. The zero-order chi connectivity index (χ0) is 25.5. The molecule has 0 bridgehead atoms. The second kappa shape index (κ2) is 7.68. The Hall–Kier alpha value is -5.15. The molecular weight excluding hydrogens is 474 g/mol. The molecule has 3 nitrogen and oxygen atoms in total. The van der Waals surface area contributed by atoms with Crippen molar-refractivity contribution in [3.63, 3.8) is 0 Å². The summed E-state index contributed by atoms with van der Waals surface area (Å²) in [5, 5.41) is 2.56. The van der Waals surface area contributed by atoms with Crippen LogP contribution in [0.1, 0.15) is 5.56 Å². The highest BCUT2D eigenvalue weighted by Gasteiger charge is 2.49. The number of allylic oxidation sites excluding steroid dienone is 2. The Morgan fingerprint density at radius 1 is 0.538 bits per heavy atom. The Bertz CT molecular complexity index is 2020. The van der Waals surface area contributed by atoms with Gasteiger partial charge in [-0.2, -0.15) is 4.58 Å². The summed E-state index contributed by atoms with van der Waals surface area (Å²) in [5.74, 6) is 0. The Labute approximate surface area is 226 Å². The van der Waals surface area contributed by atoms with Crippen LogP contribution in [0.5, 0.6) is 0 Å². The van der Waals surface area contributed by atoms with Gasteiger partial charge in [-0.05, 0) is 35.9 Å². The van der Waals surface area contributed by atoms with Crippen molar-refractivity contribution in [3.05, 3.63) is 145 Å². The number of benzene rings is 5. The monoisotopic (exact) mass is 498 g/mol. The number of anilines is 2. The molecular formula is C36H24N3+. The third-order valence-corrected chi connectivity index (χ3v) is 8.40. The highest BCUT2D eigenvalue weighted by Crippen LogP contribution is 2.53. The topological polar surface area (TPSA) is 11.2 Å². The maximum atomic E-state index is 2.53. The first kappa shape index (κ1) is 20.9. The van der Waals surface area contributed by atoms with E-state index in [-0.39, 0.29) is 6.04 Å². The van der Waals surface area contributed by atoms with Crippen molar-refractivity contribution in [2.75, 3.05) is 4.90 Å². The van der Waals surface area contributed by atoms with Crippen LogP contribution in [0, 0.1) is 0 Å². The highest BCUT2D eigenvalue weighted by molar-refractivity contribution is 6.25. The Morgan fingerprint density at radius 3 is 1.92 bits per heavy atom. The maximum absolute atomic E-state index is 2.53. The Kier molecular flexibility index (Phi) is 4.11. The molecule has 0 amide bonds. The lowest BCUT2D eigenvalue weighted by Crippen LogP contribution is -2.43. The summed E-state index contributed by atoms with van der Waals surface area (Å²) in [6, 6.07) is 46.1. The molecule has 0 saturated heterocycles. The van der Waals surface area contributed by atoms with Crippen LogP contribution in [0.4, 0.5) is 22.7 Å². The number of nitrogens with zero attached hydrogens (tertiary/aromatic N) is 3. The average molecular weight is 499 g/mol. The van der Waals surface area contributed by atoms with E-state index in [4.69, 9.17) is 0 Å². The minimum absolute atomic E-state index is 0.106. The zero-order valence-corrected chi connectivity index (χ0v) is 21.2. The summed E-state index contributed by atoms with van der Waals surface area (Å²) in [5.41, 5.74) is 12.4. The summed E-state index contributed by atoms with van der Waals surface area (Å²) < 4.78 is 4.90. The quantitative estimate of drug-likeness (QED) is 0.218. The fourth-order valence-electron chi connectivity index (χ4n) is 6.88. The first-order chi connectivity index (χ1) is 19.4. The molecule has 182 valence electrons. The van der Waals surface area contributed by atoms with E-state index in [2.05, 4.69) is 154 Å². The molecule has 2 aliphatic heterocycles. The largest absolute Gasteiger partial charge is 0.318 e.